The Hall–Kier alpha value is -4.17. The Bertz CT molecular complexity index is 1710. The van der Waals surface area contributed by atoms with E-state index in [0.717, 1.165) is 29.7 Å². The second-order valence-corrected chi connectivity index (χ2v) is 9.84. The minimum absolute atomic E-state index is 0.189. The molecule has 2 aromatic carbocycles. The van der Waals surface area contributed by atoms with E-state index in [-0.39, 0.29) is 11.3 Å². The van der Waals surface area contributed by atoms with Gasteiger partial charge in [0.1, 0.15) is 0 Å². The second-order valence-electron chi connectivity index (χ2n) is 9.41. The summed E-state index contributed by atoms with van der Waals surface area (Å²) in [4.78, 5) is 30.2. The highest BCUT2D eigenvalue weighted by Gasteiger charge is 2.49. The average Bonchev–Trinajstić information content (AvgIpc) is 3.46. The number of imidazole rings is 1. The fraction of sp³-hybridized carbons (Fsp3) is 0.214. The summed E-state index contributed by atoms with van der Waals surface area (Å²) in [5, 5.41) is 14.3. The molecule has 1 fully saturated rings. The maximum Gasteiger partial charge on any atom is 0.335 e. The summed E-state index contributed by atoms with van der Waals surface area (Å²) in [5.41, 5.74) is 3.89. The molecule has 0 unspecified atom stereocenters. The van der Waals surface area contributed by atoms with Crippen molar-refractivity contribution in [2.24, 2.45) is 0 Å². The summed E-state index contributed by atoms with van der Waals surface area (Å²) < 4.78 is 5.24. The zero-order chi connectivity index (χ0) is 25.7. The molecule has 0 aliphatic heterocycles. The summed E-state index contributed by atoms with van der Waals surface area (Å²) in [7, 11) is 0. The van der Waals surface area contributed by atoms with E-state index in [1.807, 2.05) is 47.4 Å². The monoisotopic (exact) mass is 513 g/mol. The Labute approximate surface area is 217 Å². The molecule has 0 radical (unpaired) electrons. The smallest absolute Gasteiger partial charge is 0.335 e. The summed E-state index contributed by atoms with van der Waals surface area (Å²) in [5.74, 6) is -1.00. The quantitative estimate of drug-likeness (QED) is 0.316. The van der Waals surface area contributed by atoms with Gasteiger partial charge in [0, 0.05) is 24.5 Å². The Morgan fingerprint density at radius 1 is 1.08 bits per heavy atom. The maximum absolute atomic E-state index is 14.0. The maximum atomic E-state index is 14.0. The van der Waals surface area contributed by atoms with Gasteiger partial charge < -0.3 is 5.11 Å². The van der Waals surface area contributed by atoms with Crippen LogP contribution in [-0.2, 0) is 12.1 Å². The molecule has 6 rings (SSSR count). The number of carbonyl (C=O) groups is 1. The van der Waals surface area contributed by atoms with Gasteiger partial charge in [0.25, 0.3) is 0 Å². The van der Waals surface area contributed by atoms with Gasteiger partial charge in [-0.1, -0.05) is 42.8 Å². The third-order valence-corrected chi connectivity index (χ3v) is 7.20. The van der Waals surface area contributed by atoms with Gasteiger partial charge in [-0.25, -0.2) is 14.6 Å². The molecule has 186 valence electrons. The number of benzene rings is 2. The van der Waals surface area contributed by atoms with Crippen LogP contribution >= 0.6 is 11.6 Å². The molecule has 0 saturated heterocycles. The van der Waals surface area contributed by atoms with Crippen LogP contribution in [0.2, 0.25) is 5.02 Å². The van der Waals surface area contributed by atoms with E-state index in [1.165, 1.54) is 6.20 Å². The number of aromatic carboxylic acids is 1. The van der Waals surface area contributed by atoms with Gasteiger partial charge in [-0.15, -0.1) is 0 Å². The molecule has 1 aliphatic rings. The normalized spacial score (nSPS) is 14.2. The van der Waals surface area contributed by atoms with Crippen molar-refractivity contribution in [1.29, 1.82) is 0 Å². The molecule has 3 heterocycles. The Morgan fingerprint density at radius 3 is 2.57 bits per heavy atom. The Balaban J connectivity index is 1.48. The summed E-state index contributed by atoms with van der Waals surface area (Å²) in [6.07, 6.45) is 7.81. The number of rotatable bonds is 7. The number of hydrogen-bond donors (Lipinski definition) is 1. The largest absolute Gasteiger partial charge is 0.478 e. The predicted octanol–water partition coefficient (Wildman–Crippen LogP) is 5.35. The molecule has 0 spiro atoms. The van der Waals surface area contributed by atoms with Crippen LogP contribution in [0.1, 0.15) is 42.1 Å². The predicted molar refractivity (Wildman–Crippen MR) is 142 cm³/mol. The lowest BCUT2D eigenvalue weighted by atomic mass is 10.0. The fourth-order valence-electron chi connectivity index (χ4n) is 5.06. The van der Waals surface area contributed by atoms with Crippen LogP contribution in [0.25, 0.3) is 28.0 Å². The van der Waals surface area contributed by atoms with E-state index >= 15 is 0 Å². The third kappa shape index (κ3) is 3.84. The van der Waals surface area contributed by atoms with Crippen LogP contribution in [-0.4, -0.2) is 35.0 Å². The lowest BCUT2D eigenvalue weighted by molar-refractivity contribution is 0.0696. The standard InChI is InChI=1S/C28H24ClN5O3/c1-2-12-32-17-20(15-31-32)18-6-8-23(9-7-18)33-24-14-22(29)16-30-25(24)34(27(33)37)28(10-11-28)21-5-3-4-19(13-21)26(35)36/h3-9,13-17H,2,10-12H2,1H3,(H,35,36). The molecule has 9 heteroatoms. The minimum Gasteiger partial charge on any atom is -0.478 e. The van der Waals surface area contributed by atoms with Gasteiger partial charge >= 0.3 is 11.7 Å². The molecule has 37 heavy (non-hydrogen) atoms. The van der Waals surface area contributed by atoms with Gasteiger partial charge in [0.2, 0.25) is 0 Å². The molecular weight excluding hydrogens is 490 g/mol. The number of fused-ring (bicyclic) bond motifs is 1. The van der Waals surface area contributed by atoms with E-state index in [1.54, 1.807) is 33.4 Å². The molecule has 0 amide bonds. The first kappa shape index (κ1) is 23.2. The number of aryl methyl sites for hydroxylation is 1. The van der Waals surface area contributed by atoms with Crippen molar-refractivity contribution in [3.05, 3.63) is 99.8 Å². The van der Waals surface area contributed by atoms with Crippen LogP contribution in [0.4, 0.5) is 0 Å². The first-order valence-electron chi connectivity index (χ1n) is 12.2. The highest BCUT2D eigenvalue weighted by Crippen LogP contribution is 2.50. The second kappa shape index (κ2) is 8.74. The fourth-order valence-corrected chi connectivity index (χ4v) is 5.21. The lowest BCUT2D eigenvalue weighted by Crippen LogP contribution is -2.32. The third-order valence-electron chi connectivity index (χ3n) is 6.99. The number of nitrogens with zero attached hydrogens (tertiary/aromatic N) is 5. The number of halogens is 1. The van der Waals surface area contributed by atoms with E-state index in [0.29, 0.717) is 34.7 Å². The summed E-state index contributed by atoms with van der Waals surface area (Å²) in [6.45, 7) is 2.97. The minimum atomic E-state index is -1.00. The van der Waals surface area contributed by atoms with Gasteiger partial charge in [-0.05, 0) is 60.7 Å². The van der Waals surface area contributed by atoms with E-state index < -0.39 is 11.5 Å². The number of pyridine rings is 1. The molecule has 1 N–H and O–H groups in total. The van der Waals surface area contributed by atoms with Crippen molar-refractivity contribution >= 4 is 28.7 Å². The first-order valence-corrected chi connectivity index (χ1v) is 12.6. The van der Waals surface area contributed by atoms with Crippen molar-refractivity contribution in [3.63, 3.8) is 0 Å². The van der Waals surface area contributed by atoms with E-state index in [2.05, 4.69) is 17.0 Å². The Morgan fingerprint density at radius 2 is 1.86 bits per heavy atom. The van der Waals surface area contributed by atoms with Crippen LogP contribution in [0.5, 0.6) is 0 Å². The van der Waals surface area contributed by atoms with Crippen LogP contribution in [0, 0.1) is 0 Å². The van der Waals surface area contributed by atoms with Crippen LogP contribution in [0.15, 0.2) is 78.0 Å². The molecule has 0 bridgehead atoms. The topological polar surface area (TPSA) is 94.9 Å². The first-order chi connectivity index (χ1) is 17.9. The highest BCUT2D eigenvalue weighted by molar-refractivity contribution is 6.31. The molecule has 1 saturated carbocycles. The van der Waals surface area contributed by atoms with Crippen LogP contribution in [0.3, 0.4) is 0 Å². The zero-order valence-corrected chi connectivity index (χ0v) is 20.9. The number of aromatic nitrogens is 5. The van der Waals surface area contributed by atoms with Gasteiger partial charge in [0.15, 0.2) is 5.65 Å². The van der Waals surface area contributed by atoms with Gasteiger partial charge in [-0.3, -0.25) is 13.8 Å². The van der Waals surface area contributed by atoms with Crippen molar-refractivity contribution < 1.29 is 9.90 Å². The number of hydrogen-bond acceptors (Lipinski definition) is 4. The SMILES string of the molecule is CCCn1cc(-c2ccc(-n3c(=O)n(C4(c5cccc(C(=O)O)c5)CC4)c4ncc(Cl)cc43)cc2)cn1. The molecule has 8 nitrogen and oxygen atoms in total. The van der Waals surface area contributed by atoms with Crippen molar-refractivity contribution in [1.82, 2.24) is 23.9 Å². The van der Waals surface area contributed by atoms with Crippen molar-refractivity contribution in [3.8, 4) is 16.8 Å². The van der Waals surface area contributed by atoms with Crippen molar-refractivity contribution in [2.45, 2.75) is 38.3 Å². The highest BCUT2D eigenvalue weighted by atomic mass is 35.5. The molecule has 1 aliphatic carbocycles. The van der Waals surface area contributed by atoms with Crippen LogP contribution < -0.4 is 5.69 Å². The molecule has 5 aromatic rings. The van der Waals surface area contributed by atoms with E-state index in [9.17, 15) is 14.7 Å². The number of carboxylic acids is 1. The van der Waals surface area contributed by atoms with Gasteiger partial charge in [-0.2, -0.15) is 5.10 Å². The summed E-state index contributed by atoms with van der Waals surface area (Å²) in [6, 6.07) is 16.3. The Kier molecular flexibility index (Phi) is 5.49. The molecular formula is C28H24ClN5O3. The van der Waals surface area contributed by atoms with Crippen molar-refractivity contribution in [2.75, 3.05) is 0 Å². The molecule has 0 atom stereocenters. The molecule has 3 aromatic heterocycles. The lowest BCUT2D eigenvalue weighted by Gasteiger charge is -2.18. The van der Waals surface area contributed by atoms with E-state index in [4.69, 9.17) is 11.6 Å². The number of carboxylic acid groups (broad SMARTS) is 1. The average molecular weight is 514 g/mol. The summed E-state index contributed by atoms with van der Waals surface area (Å²) >= 11 is 6.31. The zero-order valence-electron chi connectivity index (χ0n) is 20.1. The van der Waals surface area contributed by atoms with Gasteiger partial charge in [0.05, 0.1) is 33.5 Å².